The largest absolute Gasteiger partial charge is 0.313 e. The molecule has 2 rings (SSSR count). The fourth-order valence-electron chi connectivity index (χ4n) is 1.33. The number of aromatic nitrogens is 4. The molecule has 0 radical (unpaired) electrons. The van der Waals surface area contributed by atoms with Crippen LogP contribution in [0.3, 0.4) is 0 Å². The van der Waals surface area contributed by atoms with Gasteiger partial charge in [0.2, 0.25) is 0 Å². The monoisotopic (exact) mass is 203 g/mol. The number of hydrogen-bond donors (Lipinski definition) is 2. The second-order valence-corrected chi connectivity index (χ2v) is 3.23. The van der Waals surface area contributed by atoms with Gasteiger partial charge >= 0.3 is 0 Å². The zero-order chi connectivity index (χ0) is 10.5. The van der Waals surface area contributed by atoms with Gasteiger partial charge in [-0.2, -0.15) is 5.10 Å². The van der Waals surface area contributed by atoms with Crippen molar-refractivity contribution in [1.29, 1.82) is 0 Å². The Hall–Kier alpha value is -1.75. The summed E-state index contributed by atoms with van der Waals surface area (Å²) in [5, 5.41) is 9.97. The highest BCUT2D eigenvalue weighted by molar-refractivity contribution is 5.09. The molecule has 0 bridgehead atoms. The third-order valence-corrected chi connectivity index (χ3v) is 1.99. The predicted octanol–water partition coefficient (Wildman–Crippen LogP) is 0.510. The molecular weight excluding hydrogens is 190 g/mol. The summed E-state index contributed by atoms with van der Waals surface area (Å²) in [5.41, 5.74) is 0.990. The van der Waals surface area contributed by atoms with Gasteiger partial charge in [-0.3, -0.25) is 10.1 Å². The summed E-state index contributed by atoms with van der Waals surface area (Å²) in [6.45, 7) is 0.679. The molecule has 0 fully saturated rings. The van der Waals surface area contributed by atoms with Gasteiger partial charge in [0.1, 0.15) is 5.82 Å². The smallest absolute Gasteiger partial charge is 0.164 e. The molecule has 0 aromatic carbocycles. The van der Waals surface area contributed by atoms with Crippen LogP contribution < -0.4 is 5.32 Å². The van der Waals surface area contributed by atoms with E-state index in [1.807, 2.05) is 25.2 Å². The quantitative estimate of drug-likeness (QED) is 0.759. The molecular formula is C10H13N5. The number of H-pyrrole nitrogens is 1. The van der Waals surface area contributed by atoms with Gasteiger partial charge in [0.25, 0.3) is 0 Å². The van der Waals surface area contributed by atoms with Crippen molar-refractivity contribution in [2.24, 2.45) is 0 Å². The SMILES string of the molecule is CNCc1n[nH]c(Cc2ccccn2)n1. The van der Waals surface area contributed by atoms with Gasteiger partial charge in [0, 0.05) is 18.3 Å². The minimum atomic E-state index is 0.679. The van der Waals surface area contributed by atoms with Crippen molar-refractivity contribution < 1.29 is 0 Å². The molecule has 5 nitrogen and oxygen atoms in total. The molecule has 0 atom stereocenters. The van der Waals surface area contributed by atoms with E-state index in [0.29, 0.717) is 13.0 Å². The normalized spacial score (nSPS) is 10.5. The summed E-state index contributed by atoms with van der Waals surface area (Å²) in [6, 6.07) is 5.84. The van der Waals surface area contributed by atoms with Gasteiger partial charge in [-0.25, -0.2) is 4.98 Å². The number of rotatable bonds is 4. The minimum absolute atomic E-state index is 0.679. The number of pyridine rings is 1. The fourth-order valence-corrected chi connectivity index (χ4v) is 1.33. The highest BCUT2D eigenvalue weighted by atomic mass is 15.2. The van der Waals surface area contributed by atoms with Crippen molar-refractivity contribution in [3.63, 3.8) is 0 Å². The van der Waals surface area contributed by atoms with E-state index in [1.165, 1.54) is 0 Å². The van der Waals surface area contributed by atoms with E-state index in [-0.39, 0.29) is 0 Å². The van der Waals surface area contributed by atoms with E-state index >= 15 is 0 Å². The van der Waals surface area contributed by atoms with Crippen LogP contribution in [0.4, 0.5) is 0 Å². The number of aromatic amines is 1. The standard InChI is InChI=1S/C10H13N5/c1-11-7-10-13-9(14-15-10)6-8-4-2-3-5-12-8/h2-5,11H,6-7H2,1H3,(H,13,14,15). The van der Waals surface area contributed by atoms with E-state index in [4.69, 9.17) is 0 Å². The van der Waals surface area contributed by atoms with E-state index in [1.54, 1.807) is 6.20 Å². The fraction of sp³-hybridized carbons (Fsp3) is 0.300. The Morgan fingerprint density at radius 3 is 3.07 bits per heavy atom. The maximum atomic E-state index is 4.33. The molecule has 0 saturated carbocycles. The lowest BCUT2D eigenvalue weighted by atomic mass is 10.2. The Balaban J connectivity index is 2.05. The maximum Gasteiger partial charge on any atom is 0.164 e. The average Bonchev–Trinajstić information content (AvgIpc) is 2.68. The van der Waals surface area contributed by atoms with E-state index in [9.17, 15) is 0 Å². The van der Waals surface area contributed by atoms with E-state index in [0.717, 1.165) is 17.3 Å². The van der Waals surface area contributed by atoms with Gasteiger partial charge in [-0.05, 0) is 19.2 Å². The van der Waals surface area contributed by atoms with Crippen LogP contribution in [-0.4, -0.2) is 27.2 Å². The Bertz CT molecular complexity index is 409. The van der Waals surface area contributed by atoms with Crippen LogP contribution >= 0.6 is 0 Å². The van der Waals surface area contributed by atoms with E-state index in [2.05, 4.69) is 25.5 Å². The lowest BCUT2D eigenvalue weighted by Crippen LogP contribution is -2.06. The van der Waals surface area contributed by atoms with Crippen LogP contribution in [0.15, 0.2) is 24.4 Å². The average molecular weight is 203 g/mol. The van der Waals surface area contributed by atoms with Gasteiger partial charge in [-0.1, -0.05) is 6.07 Å². The molecule has 5 heteroatoms. The Morgan fingerprint density at radius 1 is 1.40 bits per heavy atom. The summed E-state index contributed by atoms with van der Waals surface area (Å²) < 4.78 is 0. The zero-order valence-electron chi connectivity index (χ0n) is 8.57. The molecule has 0 aliphatic carbocycles. The molecule has 0 unspecified atom stereocenters. The maximum absolute atomic E-state index is 4.33. The van der Waals surface area contributed by atoms with Crippen molar-refractivity contribution >= 4 is 0 Å². The third kappa shape index (κ3) is 2.60. The Kier molecular flexibility index (Phi) is 3.04. The molecule has 2 aromatic heterocycles. The van der Waals surface area contributed by atoms with E-state index < -0.39 is 0 Å². The summed E-state index contributed by atoms with van der Waals surface area (Å²) in [4.78, 5) is 8.55. The van der Waals surface area contributed by atoms with Crippen molar-refractivity contribution in [3.8, 4) is 0 Å². The summed E-state index contributed by atoms with van der Waals surface area (Å²) in [5.74, 6) is 1.63. The van der Waals surface area contributed by atoms with Crippen LogP contribution in [0.1, 0.15) is 17.3 Å². The van der Waals surface area contributed by atoms with Gasteiger partial charge in [0.15, 0.2) is 5.82 Å². The summed E-state index contributed by atoms with van der Waals surface area (Å²) in [6.07, 6.45) is 2.47. The molecule has 0 spiro atoms. The van der Waals surface area contributed by atoms with Crippen LogP contribution in [0.25, 0.3) is 0 Å². The van der Waals surface area contributed by atoms with Gasteiger partial charge in [0.05, 0.1) is 6.54 Å². The Labute approximate surface area is 88.0 Å². The first-order valence-electron chi connectivity index (χ1n) is 4.83. The molecule has 0 aliphatic heterocycles. The lowest BCUT2D eigenvalue weighted by molar-refractivity contribution is 0.762. The highest BCUT2D eigenvalue weighted by Crippen LogP contribution is 2.01. The summed E-state index contributed by atoms with van der Waals surface area (Å²) in [7, 11) is 1.87. The first-order chi connectivity index (χ1) is 7.38. The van der Waals surface area contributed by atoms with Gasteiger partial charge < -0.3 is 5.32 Å². The topological polar surface area (TPSA) is 66.5 Å². The van der Waals surface area contributed by atoms with Crippen LogP contribution in [-0.2, 0) is 13.0 Å². The first-order valence-corrected chi connectivity index (χ1v) is 4.83. The van der Waals surface area contributed by atoms with Crippen molar-refractivity contribution in [1.82, 2.24) is 25.5 Å². The summed E-state index contributed by atoms with van der Waals surface area (Å²) >= 11 is 0. The molecule has 2 aromatic rings. The van der Waals surface area contributed by atoms with Crippen molar-refractivity contribution in [3.05, 3.63) is 41.7 Å². The molecule has 2 N–H and O–H groups in total. The molecule has 0 aliphatic rings. The predicted molar refractivity (Wildman–Crippen MR) is 56.2 cm³/mol. The molecule has 0 amide bonds. The number of hydrogen-bond acceptors (Lipinski definition) is 4. The molecule has 2 heterocycles. The second-order valence-electron chi connectivity index (χ2n) is 3.23. The zero-order valence-corrected chi connectivity index (χ0v) is 8.57. The molecule has 15 heavy (non-hydrogen) atoms. The van der Waals surface area contributed by atoms with Crippen LogP contribution in [0.2, 0.25) is 0 Å². The third-order valence-electron chi connectivity index (χ3n) is 1.99. The number of nitrogens with one attached hydrogen (secondary N) is 2. The lowest BCUT2D eigenvalue weighted by Gasteiger charge is -1.94. The number of nitrogens with zero attached hydrogens (tertiary/aromatic N) is 3. The Morgan fingerprint density at radius 2 is 2.33 bits per heavy atom. The minimum Gasteiger partial charge on any atom is -0.313 e. The first kappa shape index (κ1) is 9.79. The highest BCUT2D eigenvalue weighted by Gasteiger charge is 2.03. The van der Waals surface area contributed by atoms with Crippen molar-refractivity contribution in [2.75, 3.05) is 7.05 Å². The van der Waals surface area contributed by atoms with Gasteiger partial charge in [-0.15, -0.1) is 0 Å². The molecule has 78 valence electrons. The van der Waals surface area contributed by atoms with Crippen LogP contribution in [0.5, 0.6) is 0 Å². The molecule has 0 saturated heterocycles. The van der Waals surface area contributed by atoms with Crippen LogP contribution in [0, 0.1) is 0 Å². The van der Waals surface area contributed by atoms with Crippen molar-refractivity contribution in [2.45, 2.75) is 13.0 Å². The second kappa shape index (κ2) is 4.65.